The lowest BCUT2D eigenvalue weighted by Gasteiger charge is -2.16. The maximum absolute atomic E-state index is 10.8. The van der Waals surface area contributed by atoms with Crippen molar-refractivity contribution in [2.75, 3.05) is 0 Å². The van der Waals surface area contributed by atoms with E-state index < -0.39 is 5.97 Å². The monoisotopic (exact) mass is 272 g/mol. The molecule has 0 rings (SSSR count). The van der Waals surface area contributed by atoms with Crippen LogP contribution in [0.5, 0.6) is 0 Å². The molecule has 0 spiro atoms. The largest absolute Gasteiger partial charge is 0.480 e. The van der Waals surface area contributed by atoms with E-state index in [4.69, 9.17) is 5.11 Å². The number of allylic oxidation sites excluding steroid dienone is 2. The fourth-order valence-electron chi connectivity index (χ4n) is 1.75. The van der Waals surface area contributed by atoms with Crippen LogP contribution < -0.4 is 0 Å². The zero-order chi connectivity index (χ0) is 13.8. The van der Waals surface area contributed by atoms with Gasteiger partial charge in [0.25, 0.3) is 0 Å². The minimum absolute atomic E-state index is 0.278. The normalized spacial score (nSPS) is 14.8. The molecule has 0 amide bonds. The molecule has 0 saturated carbocycles. The van der Waals surface area contributed by atoms with Gasteiger partial charge in [-0.15, -0.1) is 11.8 Å². The first-order valence-corrected chi connectivity index (χ1v) is 8.09. The van der Waals surface area contributed by atoms with Crippen LogP contribution in [0.2, 0.25) is 0 Å². The Balaban J connectivity index is 3.64. The lowest BCUT2D eigenvalue weighted by Crippen LogP contribution is -2.16. The second kappa shape index (κ2) is 11.6. The predicted octanol–water partition coefficient (Wildman–Crippen LogP) is 4.89. The minimum Gasteiger partial charge on any atom is -0.480 e. The van der Waals surface area contributed by atoms with Crippen LogP contribution in [0, 0.1) is 0 Å². The summed E-state index contributed by atoms with van der Waals surface area (Å²) in [6.45, 7) is 6.12. The molecule has 0 aromatic rings. The topological polar surface area (TPSA) is 37.3 Å². The molecule has 0 aromatic heterocycles. The van der Waals surface area contributed by atoms with Gasteiger partial charge in [0, 0.05) is 5.25 Å². The van der Waals surface area contributed by atoms with E-state index in [-0.39, 0.29) is 5.25 Å². The van der Waals surface area contributed by atoms with Crippen molar-refractivity contribution in [2.45, 2.75) is 76.2 Å². The Morgan fingerprint density at radius 3 is 2.44 bits per heavy atom. The molecule has 106 valence electrons. The first-order valence-electron chi connectivity index (χ1n) is 7.15. The molecule has 0 aliphatic carbocycles. The van der Waals surface area contributed by atoms with Crippen LogP contribution in [0.4, 0.5) is 0 Å². The summed E-state index contributed by atoms with van der Waals surface area (Å²) in [6.07, 6.45) is 12.7. The van der Waals surface area contributed by atoms with E-state index in [1.807, 2.05) is 0 Å². The molecule has 2 nitrogen and oxygen atoms in total. The number of carbonyl (C=O) groups is 1. The molecule has 0 fully saturated rings. The van der Waals surface area contributed by atoms with Gasteiger partial charge in [-0.1, -0.05) is 38.8 Å². The van der Waals surface area contributed by atoms with Gasteiger partial charge in [0.05, 0.1) is 5.25 Å². The van der Waals surface area contributed by atoms with Crippen molar-refractivity contribution in [3.63, 3.8) is 0 Å². The van der Waals surface area contributed by atoms with Crippen molar-refractivity contribution in [2.24, 2.45) is 0 Å². The van der Waals surface area contributed by atoms with Crippen molar-refractivity contribution in [1.29, 1.82) is 0 Å². The van der Waals surface area contributed by atoms with E-state index in [1.165, 1.54) is 25.7 Å². The van der Waals surface area contributed by atoms with E-state index in [0.29, 0.717) is 5.25 Å². The van der Waals surface area contributed by atoms with E-state index in [9.17, 15) is 4.79 Å². The Morgan fingerprint density at radius 2 is 1.89 bits per heavy atom. The molecule has 1 N–H and O–H groups in total. The zero-order valence-corrected chi connectivity index (χ0v) is 12.8. The molecular weight excluding hydrogens is 244 g/mol. The SMILES string of the molecule is CCCC=CCCCCC(CC)SC(C)C(=O)O. The molecule has 0 radical (unpaired) electrons. The maximum atomic E-state index is 10.8. The highest BCUT2D eigenvalue weighted by Gasteiger charge is 2.16. The second-order valence-electron chi connectivity index (χ2n) is 4.69. The number of aliphatic carboxylic acids is 1. The summed E-state index contributed by atoms with van der Waals surface area (Å²) in [7, 11) is 0. The number of unbranched alkanes of at least 4 members (excludes halogenated alkanes) is 3. The van der Waals surface area contributed by atoms with Gasteiger partial charge in [0.2, 0.25) is 0 Å². The lowest BCUT2D eigenvalue weighted by molar-refractivity contribution is -0.136. The van der Waals surface area contributed by atoms with Crippen LogP contribution >= 0.6 is 11.8 Å². The smallest absolute Gasteiger partial charge is 0.316 e. The molecule has 0 aliphatic heterocycles. The highest BCUT2D eigenvalue weighted by atomic mass is 32.2. The van der Waals surface area contributed by atoms with Crippen molar-refractivity contribution in [1.82, 2.24) is 0 Å². The fraction of sp³-hybridized carbons (Fsp3) is 0.800. The Kier molecular flexibility index (Phi) is 11.4. The third-order valence-corrected chi connectivity index (χ3v) is 4.53. The minimum atomic E-state index is -0.694. The average Bonchev–Trinajstić information content (AvgIpc) is 2.35. The number of thioether (sulfide) groups is 1. The van der Waals surface area contributed by atoms with Crippen LogP contribution in [0.15, 0.2) is 12.2 Å². The number of hydrogen-bond donors (Lipinski definition) is 1. The fourth-order valence-corrected chi connectivity index (χ4v) is 2.94. The highest BCUT2D eigenvalue weighted by molar-refractivity contribution is 8.01. The number of hydrogen-bond acceptors (Lipinski definition) is 2. The Hall–Kier alpha value is -0.440. The first-order chi connectivity index (χ1) is 8.61. The Bertz CT molecular complexity index is 239. The van der Waals surface area contributed by atoms with Crippen LogP contribution in [0.1, 0.15) is 65.7 Å². The summed E-state index contributed by atoms with van der Waals surface area (Å²) >= 11 is 1.61. The van der Waals surface area contributed by atoms with Crippen molar-refractivity contribution in [3.05, 3.63) is 12.2 Å². The van der Waals surface area contributed by atoms with Gasteiger partial charge in [-0.05, 0) is 39.0 Å². The third kappa shape index (κ3) is 9.58. The molecule has 18 heavy (non-hydrogen) atoms. The van der Waals surface area contributed by atoms with E-state index in [0.717, 1.165) is 19.3 Å². The first kappa shape index (κ1) is 17.6. The van der Waals surface area contributed by atoms with Crippen LogP contribution in [0.3, 0.4) is 0 Å². The highest BCUT2D eigenvalue weighted by Crippen LogP contribution is 2.25. The van der Waals surface area contributed by atoms with Gasteiger partial charge in [0.15, 0.2) is 0 Å². The molecule has 0 heterocycles. The standard InChI is InChI=1S/C15H28O2S/c1-4-6-7-8-9-10-11-12-14(5-2)18-13(3)15(16)17/h7-8,13-14H,4-6,9-12H2,1-3H3,(H,16,17). The van der Waals surface area contributed by atoms with Gasteiger partial charge in [0.1, 0.15) is 0 Å². The van der Waals surface area contributed by atoms with E-state index in [2.05, 4.69) is 26.0 Å². The predicted molar refractivity (Wildman–Crippen MR) is 81.3 cm³/mol. The zero-order valence-electron chi connectivity index (χ0n) is 12.0. The van der Waals surface area contributed by atoms with Gasteiger partial charge in [-0.25, -0.2) is 0 Å². The van der Waals surface area contributed by atoms with Crippen LogP contribution in [-0.2, 0) is 4.79 Å². The van der Waals surface area contributed by atoms with Gasteiger partial charge in [-0.2, -0.15) is 0 Å². The molecule has 2 unspecified atom stereocenters. The maximum Gasteiger partial charge on any atom is 0.316 e. The van der Waals surface area contributed by atoms with Crippen molar-refractivity contribution < 1.29 is 9.90 Å². The second-order valence-corrected chi connectivity index (χ2v) is 6.34. The molecule has 0 bridgehead atoms. The summed E-state index contributed by atoms with van der Waals surface area (Å²) in [5.74, 6) is -0.694. The van der Waals surface area contributed by atoms with Crippen LogP contribution in [0.25, 0.3) is 0 Å². The average molecular weight is 272 g/mol. The number of carboxylic acids is 1. The summed E-state index contributed by atoms with van der Waals surface area (Å²) in [5.41, 5.74) is 0. The van der Waals surface area contributed by atoms with Gasteiger partial charge >= 0.3 is 5.97 Å². The van der Waals surface area contributed by atoms with Gasteiger partial charge in [-0.3, -0.25) is 4.79 Å². The summed E-state index contributed by atoms with van der Waals surface area (Å²) < 4.78 is 0. The lowest BCUT2D eigenvalue weighted by atomic mass is 10.1. The molecule has 3 heteroatoms. The molecule has 2 atom stereocenters. The molecule has 0 aromatic carbocycles. The quantitative estimate of drug-likeness (QED) is 0.430. The Labute approximate surface area is 116 Å². The molecule has 0 aliphatic rings. The summed E-state index contributed by atoms with van der Waals surface area (Å²) in [6, 6.07) is 0. The number of rotatable bonds is 11. The van der Waals surface area contributed by atoms with Crippen molar-refractivity contribution >= 4 is 17.7 Å². The summed E-state index contributed by atoms with van der Waals surface area (Å²) in [5, 5.41) is 9.11. The molecule has 0 saturated heterocycles. The summed E-state index contributed by atoms with van der Waals surface area (Å²) in [4.78, 5) is 10.8. The van der Waals surface area contributed by atoms with Crippen molar-refractivity contribution in [3.8, 4) is 0 Å². The number of carboxylic acid groups (broad SMARTS) is 1. The Morgan fingerprint density at radius 1 is 1.22 bits per heavy atom. The molecular formula is C15H28O2S. The van der Waals surface area contributed by atoms with E-state index >= 15 is 0 Å². The van der Waals surface area contributed by atoms with Gasteiger partial charge < -0.3 is 5.11 Å². The van der Waals surface area contributed by atoms with Crippen LogP contribution in [-0.4, -0.2) is 21.6 Å². The third-order valence-electron chi connectivity index (χ3n) is 2.97. The van der Waals surface area contributed by atoms with E-state index in [1.54, 1.807) is 18.7 Å².